The fourth-order valence-electron chi connectivity index (χ4n) is 1.31. The Morgan fingerprint density at radius 3 is 2.74 bits per heavy atom. The van der Waals surface area contributed by atoms with E-state index in [0.29, 0.717) is 6.54 Å². The Bertz CT molecular complexity index is 510. The summed E-state index contributed by atoms with van der Waals surface area (Å²) in [5.74, 6) is -1.04. The summed E-state index contributed by atoms with van der Waals surface area (Å²) in [5, 5.41) is 13.0. The van der Waals surface area contributed by atoms with E-state index in [1.54, 1.807) is 14.0 Å². The van der Waals surface area contributed by atoms with E-state index in [0.717, 1.165) is 12.1 Å². The molecule has 0 fully saturated rings. The lowest BCUT2D eigenvalue weighted by Crippen LogP contribution is -2.32. The molecule has 0 aliphatic heterocycles. The molecule has 8 heteroatoms. The Kier molecular flexibility index (Phi) is 5.05. The average Bonchev–Trinajstić information content (AvgIpc) is 2.37. The molecular formula is C11H13ClFN3O3. The van der Waals surface area contributed by atoms with Crippen molar-refractivity contribution < 1.29 is 14.1 Å². The maximum absolute atomic E-state index is 13.3. The number of carbonyl (C=O) groups is 1. The van der Waals surface area contributed by atoms with Crippen LogP contribution >= 0.6 is 11.6 Å². The second kappa shape index (κ2) is 6.33. The van der Waals surface area contributed by atoms with Gasteiger partial charge in [-0.3, -0.25) is 14.9 Å². The molecule has 0 spiro atoms. The fourth-order valence-corrected chi connectivity index (χ4v) is 1.47. The third kappa shape index (κ3) is 3.78. The first-order valence-corrected chi connectivity index (χ1v) is 5.85. The quantitative estimate of drug-likeness (QED) is 0.666. The number of hydrogen-bond donors (Lipinski definition) is 1. The minimum absolute atomic E-state index is 0.0789. The molecule has 0 radical (unpaired) electrons. The number of amides is 1. The molecule has 0 heterocycles. The van der Waals surface area contributed by atoms with Crippen molar-refractivity contribution in [3.8, 4) is 0 Å². The molecule has 0 saturated carbocycles. The molecule has 1 aromatic rings. The van der Waals surface area contributed by atoms with Crippen molar-refractivity contribution in [1.29, 1.82) is 0 Å². The third-order valence-corrected chi connectivity index (χ3v) is 2.86. The SMILES string of the molecule is CCN(C)C(=O)CNc1cc(F)c(Cl)cc1[N+](=O)[O-]. The molecule has 0 aliphatic rings. The van der Waals surface area contributed by atoms with Crippen molar-refractivity contribution in [3.05, 3.63) is 33.1 Å². The lowest BCUT2D eigenvalue weighted by molar-refractivity contribution is -0.384. The fraction of sp³-hybridized carbons (Fsp3) is 0.364. The number of anilines is 1. The van der Waals surface area contributed by atoms with Crippen molar-refractivity contribution in [2.45, 2.75) is 6.92 Å². The monoisotopic (exact) mass is 289 g/mol. The molecule has 0 bridgehead atoms. The van der Waals surface area contributed by atoms with Crippen LogP contribution in [0.5, 0.6) is 0 Å². The van der Waals surface area contributed by atoms with Crippen LogP contribution in [-0.2, 0) is 4.79 Å². The van der Waals surface area contributed by atoms with Crippen molar-refractivity contribution >= 4 is 28.9 Å². The first-order valence-electron chi connectivity index (χ1n) is 5.48. The molecule has 1 aromatic carbocycles. The molecule has 6 nitrogen and oxygen atoms in total. The molecule has 0 aliphatic carbocycles. The number of nitro groups is 1. The maximum Gasteiger partial charge on any atom is 0.294 e. The first kappa shape index (κ1) is 15.2. The predicted molar refractivity (Wildman–Crippen MR) is 69.9 cm³/mol. The molecule has 1 amide bonds. The standard InChI is InChI=1S/C11H13ClFN3O3/c1-3-15(2)11(17)6-14-9-5-8(13)7(12)4-10(9)16(18)19/h4-5,14H,3,6H2,1-2H3. The summed E-state index contributed by atoms with van der Waals surface area (Å²) in [6.45, 7) is 2.14. The van der Waals surface area contributed by atoms with Gasteiger partial charge in [0.1, 0.15) is 11.5 Å². The molecule has 0 unspecified atom stereocenters. The zero-order valence-electron chi connectivity index (χ0n) is 10.4. The summed E-state index contributed by atoms with van der Waals surface area (Å²) < 4.78 is 13.3. The molecular weight excluding hydrogens is 277 g/mol. The van der Waals surface area contributed by atoms with Crippen LogP contribution in [0.2, 0.25) is 5.02 Å². The Morgan fingerprint density at radius 2 is 2.21 bits per heavy atom. The van der Waals surface area contributed by atoms with Gasteiger partial charge in [-0.1, -0.05) is 11.6 Å². The Labute approximate surface area is 114 Å². The number of likely N-dealkylation sites (N-methyl/N-ethyl adjacent to an activating group) is 1. The number of rotatable bonds is 5. The van der Waals surface area contributed by atoms with E-state index in [2.05, 4.69) is 5.32 Å². The van der Waals surface area contributed by atoms with Crippen molar-refractivity contribution in [3.63, 3.8) is 0 Å². The summed E-state index contributed by atoms with van der Waals surface area (Å²) >= 11 is 5.48. The number of nitrogens with zero attached hydrogens (tertiary/aromatic N) is 2. The lowest BCUT2D eigenvalue weighted by Gasteiger charge is -2.15. The predicted octanol–water partition coefficient (Wildman–Crippen LogP) is 2.28. The van der Waals surface area contributed by atoms with Gasteiger partial charge in [-0.25, -0.2) is 4.39 Å². The minimum Gasteiger partial charge on any atom is -0.370 e. The van der Waals surface area contributed by atoms with Crippen LogP contribution in [0.3, 0.4) is 0 Å². The van der Waals surface area contributed by atoms with Gasteiger partial charge in [-0.15, -0.1) is 0 Å². The number of hydrogen-bond acceptors (Lipinski definition) is 4. The summed E-state index contributed by atoms with van der Waals surface area (Å²) in [5.41, 5.74) is -0.455. The Balaban J connectivity index is 2.91. The summed E-state index contributed by atoms with van der Waals surface area (Å²) in [4.78, 5) is 23.1. The van der Waals surface area contributed by atoms with E-state index in [1.807, 2.05) is 0 Å². The van der Waals surface area contributed by atoms with Gasteiger partial charge < -0.3 is 10.2 Å². The maximum atomic E-state index is 13.3. The van der Waals surface area contributed by atoms with Crippen LogP contribution in [0.4, 0.5) is 15.8 Å². The van der Waals surface area contributed by atoms with Gasteiger partial charge in [0.15, 0.2) is 0 Å². The van der Waals surface area contributed by atoms with Gasteiger partial charge in [0.05, 0.1) is 16.5 Å². The van der Waals surface area contributed by atoms with E-state index in [9.17, 15) is 19.3 Å². The Morgan fingerprint density at radius 1 is 1.58 bits per heavy atom. The van der Waals surface area contributed by atoms with Gasteiger partial charge in [0, 0.05) is 25.7 Å². The Hall–Kier alpha value is -1.89. The van der Waals surface area contributed by atoms with E-state index < -0.39 is 10.7 Å². The highest BCUT2D eigenvalue weighted by molar-refractivity contribution is 6.31. The van der Waals surface area contributed by atoms with E-state index in [-0.39, 0.29) is 28.8 Å². The van der Waals surface area contributed by atoms with E-state index >= 15 is 0 Å². The molecule has 1 N–H and O–H groups in total. The second-order valence-electron chi connectivity index (χ2n) is 3.80. The van der Waals surface area contributed by atoms with Gasteiger partial charge in [-0.05, 0) is 6.92 Å². The number of nitro benzene ring substituents is 1. The van der Waals surface area contributed by atoms with Crippen LogP contribution in [0.25, 0.3) is 0 Å². The zero-order valence-corrected chi connectivity index (χ0v) is 11.2. The summed E-state index contributed by atoms with van der Waals surface area (Å²) in [7, 11) is 1.60. The molecule has 19 heavy (non-hydrogen) atoms. The molecule has 0 atom stereocenters. The molecule has 1 rings (SSSR count). The van der Waals surface area contributed by atoms with Crippen LogP contribution < -0.4 is 5.32 Å². The smallest absolute Gasteiger partial charge is 0.294 e. The van der Waals surface area contributed by atoms with Gasteiger partial charge in [-0.2, -0.15) is 0 Å². The van der Waals surface area contributed by atoms with Crippen LogP contribution in [0.15, 0.2) is 12.1 Å². The number of nitrogens with one attached hydrogen (secondary N) is 1. The highest BCUT2D eigenvalue weighted by Gasteiger charge is 2.18. The molecule has 104 valence electrons. The van der Waals surface area contributed by atoms with Gasteiger partial charge in [0.2, 0.25) is 5.91 Å². The van der Waals surface area contributed by atoms with Crippen LogP contribution in [0, 0.1) is 15.9 Å². The number of carbonyl (C=O) groups excluding carboxylic acids is 1. The molecule has 0 saturated heterocycles. The van der Waals surface area contributed by atoms with E-state index in [4.69, 9.17) is 11.6 Å². The highest BCUT2D eigenvalue weighted by atomic mass is 35.5. The van der Waals surface area contributed by atoms with Crippen molar-refractivity contribution in [2.75, 3.05) is 25.5 Å². The third-order valence-electron chi connectivity index (χ3n) is 2.57. The normalized spacial score (nSPS) is 10.1. The van der Waals surface area contributed by atoms with Gasteiger partial charge >= 0.3 is 0 Å². The number of benzene rings is 1. The minimum atomic E-state index is -0.786. The van der Waals surface area contributed by atoms with Crippen LogP contribution in [0.1, 0.15) is 6.92 Å². The van der Waals surface area contributed by atoms with Crippen molar-refractivity contribution in [1.82, 2.24) is 4.90 Å². The lowest BCUT2D eigenvalue weighted by atomic mass is 10.2. The second-order valence-corrected chi connectivity index (χ2v) is 4.21. The zero-order chi connectivity index (χ0) is 14.6. The highest BCUT2D eigenvalue weighted by Crippen LogP contribution is 2.30. The largest absolute Gasteiger partial charge is 0.370 e. The number of halogens is 2. The summed E-state index contributed by atoms with van der Waals surface area (Å²) in [6.07, 6.45) is 0. The first-order chi connectivity index (χ1) is 8.86. The summed E-state index contributed by atoms with van der Waals surface area (Å²) in [6, 6.07) is 1.81. The van der Waals surface area contributed by atoms with Crippen molar-refractivity contribution in [2.24, 2.45) is 0 Å². The van der Waals surface area contributed by atoms with Crippen LogP contribution in [-0.4, -0.2) is 35.9 Å². The molecule has 0 aromatic heterocycles. The average molecular weight is 290 g/mol. The van der Waals surface area contributed by atoms with E-state index in [1.165, 1.54) is 4.90 Å². The topological polar surface area (TPSA) is 75.5 Å². The van der Waals surface area contributed by atoms with Gasteiger partial charge in [0.25, 0.3) is 5.69 Å².